The maximum atomic E-state index is 5.74. The number of thiophene rings is 1. The Hall–Kier alpha value is -1.04. The second kappa shape index (κ2) is 6.16. The minimum Gasteiger partial charge on any atom is -0.399 e. The summed E-state index contributed by atoms with van der Waals surface area (Å²) in [5.74, 6) is 0. The molecule has 0 atom stereocenters. The van der Waals surface area contributed by atoms with Gasteiger partial charge in [0.2, 0.25) is 0 Å². The number of hydrogen-bond donors (Lipinski definition) is 1. The van der Waals surface area contributed by atoms with E-state index in [1.54, 1.807) is 0 Å². The highest BCUT2D eigenvalue weighted by atomic mass is 79.9. The van der Waals surface area contributed by atoms with Crippen LogP contribution in [0.3, 0.4) is 0 Å². The van der Waals surface area contributed by atoms with Gasteiger partial charge < -0.3 is 10.6 Å². The molecule has 2 N–H and O–H groups in total. The number of piperazine rings is 1. The van der Waals surface area contributed by atoms with E-state index in [9.17, 15) is 0 Å². The van der Waals surface area contributed by atoms with E-state index in [0.717, 1.165) is 38.4 Å². The molecule has 0 radical (unpaired) electrons. The molecule has 0 unspecified atom stereocenters. The molecule has 0 amide bonds. The molecule has 3 nitrogen and oxygen atoms in total. The Morgan fingerprint density at radius 1 is 1.00 bits per heavy atom. The fraction of sp³-hybridized carbons (Fsp3) is 0.333. The van der Waals surface area contributed by atoms with Gasteiger partial charge in [0.05, 0.1) is 3.79 Å². The van der Waals surface area contributed by atoms with Crippen molar-refractivity contribution in [2.45, 2.75) is 6.54 Å². The van der Waals surface area contributed by atoms with Crippen LogP contribution in [-0.2, 0) is 6.54 Å². The number of halogens is 1. The van der Waals surface area contributed by atoms with E-state index in [4.69, 9.17) is 5.73 Å². The van der Waals surface area contributed by atoms with Gasteiger partial charge in [-0.05, 0) is 52.3 Å². The number of nitrogens with two attached hydrogens (primary N) is 1. The van der Waals surface area contributed by atoms with E-state index in [0.29, 0.717) is 0 Å². The van der Waals surface area contributed by atoms with E-state index < -0.39 is 0 Å². The van der Waals surface area contributed by atoms with E-state index in [2.05, 4.69) is 50.0 Å². The monoisotopic (exact) mass is 351 g/mol. The van der Waals surface area contributed by atoms with Gasteiger partial charge in [-0.1, -0.05) is 0 Å². The zero-order chi connectivity index (χ0) is 13.9. The third-order valence-corrected chi connectivity index (χ3v) is 5.25. The first-order chi connectivity index (χ1) is 9.70. The minimum absolute atomic E-state index is 0.829. The van der Waals surface area contributed by atoms with Crippen LogP contribution in [0.5, 0.6) is 0 Å². The molecule has 3 rings (SSSR count). The molecule has 1 aromatic heterocycles. The lowest BCUT2D eigenvalue weighted by molar-refractivity contribution is 0.252. The van der Waals surface area contributed by atoms with E-state index in [-0.39, 0.29) is 0 Å². The molecule has 0 bridgehead atoms. The molecule has 5 heteroatoms. The van der Waals surface area contributed by atoms with Crippen LogP contribution in [0.1, 0.15) is 4.88 Å². The molecular weight excluding hydrogens is 334 g/mol. The van der Waals surface area contributed by atoms with Gasteiger partial charge in [-0.2, -0.15) is 0 Å². The Morgan fingerprint density at radius 3 is 2.30 bits per heavy atom. The molecule has 0 saturated carbocycles. The third kappa shape index (κ3) is 3.34. The first-order valence-corrected chi connectivity index (χ1v) is 8.39. The predicted molar refractivity (Wildman–Crippen MR) is 90.4 cm³/mol. The number of hydrogen-bond acceptors (Lipinski definition) is 4. The van der Waals surface area contributed by atoms with Crippen LogP contribution >= 0.6 is 27.3 Å². The summed E-state index contributed by atoms with van der Waals surface area (Å²) in [6, 6.07) is 12.5. The van der Waals surface area contributed by atoms with Crippen molar-refractivity contribution in [1.29, 1.82) is 0 Å². The Labute approximate surface area is 132 Å². The molecule has 20 heavy (non-hydrogen) atoms. The van der Waals surface area contributed by atoms with Crippen molar-refractivity contribution in [3.05, 3.63) is 45.1 Å². The van der Waals surface area contributed by atoms with Gasteiger partial charge in [0, 0.05) is 49.0 Å². The summed E-state index contributed by atoms with van der Waals surface area (Å²) in [7, 11) is 0. The second-order valence-electron chi connectivity index (χ2n) is 5.06. The molecule has 2 aromatic rings. The average Bonchev–Trinajstić information content (AvgIpc) is 2.86. The smallest absolute Gasteiger partial charge is 0.0701 e. The summed E-state index contributed by atoms with van der Waals surface area (Å²) in [5.41, 5.74) is 7.84. The quantitative estimate of drug-likeness (QED) is 0.860. The maximum absolute atomic E-state index is 5.74. The third-order valence-electron chi connectivity index (χ3n) is 3.64. The fourth-order valence-corrected chi connectivity index (χ4v) is 4.03. The Morgan fingerprint density at radius 2 is 1.70 bits per heavy atom. The number of rotatable bonds is 3. The lowest BCUT2D eigenvalue weighted by atomic mass is 10.2. The summed E-state index contributed by atoms with van der Waals surface area (Å²) in [4.78, 5) is 6.38. The maximum Gasteiger partial charge on any atom is 0.0701 e. The van der Waals surface area contributed by atoms with Crippen molar-refractivity contribution in [3.63, 3.8) is 0 Å². The first kappa shape index (κ1) is 13.9. The van der Waals surface area contributed by atoms with Crippen LogP contribution in [0.4, 0.5) is 11.4 Å². The highest BCUT2D eigenvalue weighted by molar-refractivity contribution is 9.11. The average molecular weight is 352 g/mol. The van der Waals surface area contributed by atoms with E-state index >= 15 is 0 Å². The standard InChI is InChI=1S/C15H18BrN3S/c16-15-6-5-14(20-15)11-18-7-9-19(10-8-18)13-3-1-12(17)2-4-13/h1-6H,7-11,17H2. The molecule has 0 spiro atoms. The van der Waals surface area contributed by atoms with Gasteiger partial charge in [0.1, 0.15) is 0 Å². The normalized spacial score (nSPS) is 16.6. The summed E-state index contributed by atoms with van der Waals surface area (Å²) in [5, 5.41) is 0. The second-order valence-corrected chi connectivity index (χ2v) is 7.61. The summed E-state index contributed by atoms with van der Waals surface area (Å²) < 4.78 is 1.22. The zero-order valence-electron chi connectivity index (χ0n) is 11.3. The van der Waals surface area contributed by atoms with Crippen molar-refractivity contribution in [2.75, 3.05) is 36.8 Å². The van der Waals surface area contributed by atoms with Crippen LogP contribution in [0, 0.1) is 0 Å². The first-order valence-electron chi connectivity index (χ1n) is 6.78. The molecule has 2 heterocycles. The molecule has 1 aliphatic heterocycles. The van der Waals surface area contributed by atoms with Gasteiger partial charge in [-0.15, -0.1) is 11.3 Å². The topological polar surface area (TPSA) is 32.5 Å². The van der Waals surface area contributed by atoms with Gasteiger partial charge in [-0.25, -0.2) is 0 Å². The molecule has 1 saturated heterocycles. The van der Waals surface area contributed by atoms with E-state index in [1.807, 2.05) is 23.5 Å². The number of nitrogens with zero attached hydrogens (tertiary/aromatic N) is 2. The van der Waals surface area contributed by atoms with Gasteiger partial charge >= 0.3 is 0 Å². The van der Waals surface area contributed by atoms with Crippen molar-refractivity contribution < 1.29 is 0 Å². The van der Waals surface area contributed by atoms with Gasteiger partial charge in [0.25, 0.3) is 0 Å². The minimum atomic E-state index is 0.829. The van der Waals surface area contributed by atoms with Crippen LogP contribution in [-0.4, -0.2) is 31.1 Å². The van der Waals surface area contributed by atoms with Crippen LogP contribution < -0.4 is 10.6 Å². The Kier molecular flexibility index (Phi) is 4.29. The van der Waals surface area contributed by atoms with Crippen LogP contribution in [0.2, 0.25) is 0 Å². The summed E-state index contributed by atoms with van der Waals surface area (Å²) in [6.45, 7) is 5.44. The molecule has 1 aliphatic rings. The molecule has 1 fully saturated rings. The summed E-state index contributed by atoms with van der Waals surface area (Å²) >= 11 is 5.35. The van der Waals surface area contributed by atoms with Crippen molar-refractivity contribution in [2.24, 2.45) is 0 Å². The van der Waals surface area contributed by atoms with Crippen molar-refractivity contribution >= 4 is 38.6 Å². The number of benzene rings is 1. The largest absolute Gasteiger partial charge is 0.399 e. The zero-order valence-corrected chi connectivity index (χ0v) is 13.7. The molecule has 0 aliphatic carbocycles. The van der Waals surface area contributed by atoms with Gasteiger partial charge in [-0.3, -0.25) is 4.90 Å². The fourth-order valence-electron chi connectivity index (χ4n) is 2.51. The lowest BCUT2D eigenvalue weighted by Crippen LogP contribution is -2.45. The van der Waals surface area contributed by atoms with Crippen LogP contribution in [0.25, 0.3) is 0 Å². The van der Waals surface area contributed by atoms with Crippen molar-refractivity contribution in [1.82, 2.24) is 4.90 Å². The highest BCUT2D eigenvalue weighted by Crippen LogP contribution is 2.24. The van der Waals surface area contributed by atoms with Crippen LogP contribution in [0.15, 0.2) is 40.2 Å². The van der Waals surface area contributed by atoms with Gasteiger partial charge in [0.15, 0.2) is 0 Å². The lowest BCUT2D eigenvalue weighted by Gasteiger charge is -2.36. The van der Waals surface area contributed by atoms with Crippen molar-refractivity contribution in [3.8, 4) is 0 Å². The number of nitrogen functional groups attached to an aromatic ring is 1. The summed E-state index contributed by atoms with van der Waals surface area (Å²) in [6.07, 6.45) is 0. The molecule has 1 aromatic carbocycles. The Balaban J connectivity index is 1.55. The Bertz CT molecular complexity index is 559. The molecular formula is C15H18BrN3S. The highest BCUT2D eigenvalue weighted by Gasteiger charge is 2.17. The predicted octanol–water partition coefficient (Wildman–Crippen LogP) is 3.42. The number of anilines is 2. The molecule has 106 valence electrons. The van der Waals surface area contributed by atoms with E-state index in [1.165, 1.54) is 14.4 Å². The SMILES string of the molecule is Nc1ccc(N2CCN(Cc3ccc(Br)s3)CC2)cc1.